The van der Waals surface area contributed by atoms with Gasteiger partial charge in [-0.15, -0.1) is 11.3 Å². The molecule has 1 aromatic heterocycles. The molecule has 0 atom stereocenters. The normalized spacial score (nSPS) is 11.1. The lowest BCUT2D eigenvalue weighted by atomic mass is 10.1. The summed E-state index contributed by atoms with van der Waals surface area (Å²) in [7, 11) is 2.13. The van der Waals surface area contributed by atoms with Crippen LogP contribution in [0.1, 0.15) is 30.0 Å². The van der Waals surface area contributed by atoms with Crippen LogP contribution in [0.4, 0.5) is 5.69 Å². The molecule has 0 radical (unpaired) electrons. The first-order chi connectivity index (χ1) is 10.1. The van der Waals surface area contributed by atoms with E-state index in [1.807, 2.05) is 5.51 Å². The van der Waals surface area contributed by atoms with E-state index in [1.54, 1.807) is 11.3 Å². The summed E-state index contributed by atoms with van der Waals surface area (Å²) in [5.74, 6) is 0.693. The van der Waals surface area contributed by atoms with Crippen LogP contribution in [-0.4, -0.2) is 18.6 Å². The molecule has 0 aliphatic rings. The zero-order valence-electron chi connectivity index (χ0n) is 13.4. The summed E-state index contributed by atoms with van der Waals surface area (Å²) in [6.45, 7) is 9.45. The summed E-state index contributed by atoms with van der Waals surface area (Å²) in [6, 6.07) is 8.81. The van der Waals surface area contributed by atoms with Crippen LogP contribution >= 0.6 is 11.3 Å². The molecule has 0 spiro atoms. The van der Waals surface area contributed by atoms with Crippen LogP contribution in [0.5, 0.6) is 0 Å². The molecule has 0 bridgehead atoms. The van der Waals surface area contributed by atoms with E-state index in [-0.39, 0.29) is 0 Å². The average Bonchev–Trinajstić information content (AvgIpc) is 2.84. The molecule has 0 aliphatic heterocycles. The predicted octanol–water partition coefficient (Wildman–Crippen LogP) is 3.83. The summed E-state index contributed by atoms with van der Waals surface area (Å²) in [5.41, 5.74) is 5.64. The fourth-order valence-corrected chi connectivity index (χ4v) is 2.99. The molecule has 0 aliphatic carbocycles. The van der Waals surface area contributed by atoms with Gasteiger partial charge in [0.05, 0.1) is 17.7 Å². The van der Waals surface area contributed by atoms with Gasteiger partial charge < -0.3 is 10.2 Å². The Kier molecular flexibility index (Phi) is 5.76. The van der Waals surface area contributed by atoms with Gasteiger partial charge in [0.2, 0.25) is 0 Å². The molecule has 3 nitrogen and oxygen atoms in total. The molecule has 21 heavy (non-hydrogen) atoms. The molecule has 114 valence electrons. The average molecular weight is 303 g/mol. The van der Waals surface area contributed by atoms with Gasteiger partial charge >= 0.3 is 0 Å². The van der Waals surface area contributed by atoms with Crippen LogP contribution in [0.15, 0.2) is 29.8 Å². The Labute approximate surface area is 132 Å². The van der Waals surface area contributed by atoms with Crippen LogP contribution in [0.25, 0.3) is 0 Å². The highest BCUT2D eigenvalue weighted by atomic mass is 32.1. The van der Waals surface area contributed by atoms with Gasteiger partial charge in [0.1, 0.15) is 0 Å². The lowest BCUT2D eigenvalue weighted by molar-refractivity contribution is 0.552. The van der Waals surface area contributed by atoms with E-state index in [1.165, 1.54) is 16.1 Å². The molecule has 2 aromatic rings. The van der Waals surface area contributed by atoms with Gasteiger partial charge in [0, 0.05) is 24.2 Å². The first-order valence-electron chi connectivity index (χ1n) is 7.46. The quantitative estimate of drug-likeness (QED) is 0.842. The van der Waals surface area contributed by atoms with E-state index >= 15 is 0 Å². The Balaban J connectivity index is 1.90. The minimum absolute atomic E-state index is 0.693. The standard InChI is InChI=1S/C17H25N3S/c1-13(2)9-18-10-15-5-7-16(8-6-15)20(4)11-17-14(3)19-12-21-17/h5-8,12-13,18H,9-11H2,1-4H3. The fourth-order valence-electron chi connectivity index (χ4n) is 2.16. The Morgan fingerprint density at radius 3 is 2.52 bits per heavy atom. The second kappa shape index (κ2) is 7.57. The number of thiazole rings is 1. The third-order valence-electron chi connectivity index (χ3n) is 3.48. The topological polar surface area (TPSA) is 28.2 Å². The van der Waals surface area contributed by atoms with Gasteiger partial charge in [-0.2, -0.15) is 0 Å². The zero-order valence-corrected chi connectivity index (χ0v) is 14.2. The number of aromatic nitrogens is 1. The van der Waals surface area contributed by atoms with Gasteiger partial charge in [-0.05, 0) is 37.1 Å². The number of nitrogens with zero attached hydrogens (tertiary/aromatic N) is 2. The molecule has 0 unspecified atom stereocenters. The number of benzene rings is 1. The van der Waals surface area contributed by atoms with Gasteiger partial charge in [-0.25, -0.2) is 4.98 Å². The van der Waals surface area contributed by atoms with Crippen molar-refractivity contribution in [3.8, 4) is 0 Å². The fraction of sp³-hybridized carbons (Fsp3) is 0.471. The van der Waals surface area contributed by atoms with Gasteiger partial charge in [0.15, 0.2) is 0 Å². The number of anilines is 1. The van der Waals surface area contributed by atoms with Crippen molar-refractivity contribution in [2.75, 3.05) is 18.5 Å². The first-order valence-corrected chi connectivity index (χ1v) is 8.34. The Hall–Kier alpha value is -1.39. The maximum atomic E-state index is 4.31. The van der Waals surface area contributed by atoms with Gasteiger partial charge in [-0.1, -0.05) is 26.0 Å². The summed E-state index contributed by atoms with van der Waals surface area (Å²) in [5, 5.41) is 3.47. The first kappa shape index (κ1) is 16.0. The largest absolute Gasteiger partial charge is 0.369 e. The summed E-state index contributed by atoms with van der Waals surface area (Å²) >= 11 is 1.73. The lowest BCUT2D eigenvalue weighted by Crippen LogP contribution is -2.19. The van der Waals surface area contributed by atoms with Crippen molar-refractivity contribution in [1.82, 2.24) is 10.3 Å². The third-order valence-corrected chi connectivity index (χ3v) is 4.40. The van der Waals surface area contributed by atoms with Crippen LogP contribution in [0, 0.1) is 12.8 Å². The van der Waals surface area contributed by atoms with Gasteiger partial charge in [0.25, 0.3) is 0 Å². The number of aryl methyl sites for hydroxylation is 1. The zero-order chi connectivity index (χ0) is 15.2. The van der Waals surface area contributed by atoms with Crippen molar-refractivity contribution in [3.63, 3.8) is 0 Å². The van der Waals surface area contributed by atoms with Crippen LogP contribution in [-0.2, 0) is 13.1 Å². The molecule has 0 amide bonds. The molecule has 0 saturated carbocycles. The van der Waals surface area contributed by atoms with Crippen molar-refractivity contribution >= 4 is 17.0 Å². The molecule has 0 fully saturated rings. The number of hydrogen-bond donors (Lipinski definition) is 1. The van der Waals surface area contributed by atoms with Gasteiger partial charge in [-0.3, -0.25) is 0 Å². The third kappa shape index (κ3) is 4.83. The Morgan fingerprint density at radius 2 is 1.95 bits per heavy atom. The van der Waals surface area contributed by atoms with Crippen molar-refractivity contribution in [3.05, 3.63) is 45.9 Å². The van der Waals surface area contributed by atoms with E-state index in [0.29, 0.717) is 5.92 Å². The molecule has 0 saturated heterocycles. The predicted molar refractivity (Wildman–Crippen MR) is 91.9 cm³/mol. The molecule has 1 N–H and O–H groups in total. The van der Waals surface area contributed by atoms with E-state index in [0.717, 1.165) is 25.3 Å². The molecular weight excluding hydrogens is 278 g/mol. The lowest BCUT2D eigenvalue weighted by Gasteiger charge is -2.19. The minimum Gasteiger partial charge on any atom is -0.369 e. The van der Waals surface area contributed by atoms with Crippen molar-refractivity contribution in [1.29, 1.82) is 0 Å². The molecule has 1 heterocycles. The van der Waals surface area contributed by atoms with E-state index in [9.17, 15) is 0 Å². The van der Waals surface area contributed by atoms with Crippen LogP contribution in [0.3, 0.4) is 0 Å². The smallest absolute Gasteiger partial charge is 0.0798 e. The second-order valence-corrected chi connectivity index (χ2v) is 6.85. The molecule has 4 heteroatoms. The second-order valence-electron chi connectivity index (χ2n) is 5.91. The molecule has 1 aromatic carbocycles. The Bertz CT molecular complexity index is 545. The van der Waals surface area contributed by atoms with E-state index in [2.05, 4.69) is 67.3 Å². The molecule has 2 rings (SSSR count). The highest BCUT2D eigenvalue weighted by Gasteiger charge is 2.06. The van der Waals surface area contributed by atoms with Crippen molar-refractivity contribution in [2.24, 2.45) is 5.92 Å². The van der Waals surface area contributed by atoms with Crippen LogP contribution < -0.4 is 10.2 Å². The van der Waals surface area contributed by atoms with Crippen molar-refractivity contribution < 1.29 is 0 Å². The maximum Gasteiger partial charge on any atom is 0.0798 e. The number of rotatable bonds is 7. The summed E-state index contributed by atoms with van der Waals surface area (Å²) in [6.07, 6.45) is 0. The summed E-state index contributed by atoms with van der Waals surface area (Å²) < 4.78 is 0. The number of hydrogen-bond acceptors (Lipinski definition) is 4. The highest BCUT2D eigenvalue weighted by molar-refractivity contribution is 7.09. The van der Waals surface area contributed by atoms with Crippen LogP contribution in [0.2, 0.25) is 0 Å². The SMILES string of the molecule is Cc1ncsc1CN(C)c1ccc(CNCC(C)C)cc1. The van der Waals surface area contributed by atoms with Crippen molar-refractivity contribution in [2.45, 2.75) is 33.9 Å². The summed E-state index contributed by atoms with van der Waals surface area (Å²) in [4.78, 5) is 7.91. The molecular formula is C17H25N3S. The van der Waals surface area contributed by atoms with E-state index < -0.39 is 0 Å². The monoisotopic (exact) mass is 303 g/mol. The van der Waals surface area contributed by atoms with E-state index in [4.69, 9.17) is 0 Å². The number of nitrogens with one attached hydrogen (secondary N) is 1. The highest BCUT2D eigenvalue weighted by Crippen LogP contribution is 2.20. The minimum atomic E-state index is 0.693. The maximum absolute atomic E-state index is 4.31. The Morgan fingerprint density at radius 1 is 1.24 bits per heavy atom.